The molecule has 0 bridgehead atoms. The molecule has 2 fully saturated rings. The Morgan fingerprint density at radius 2 is 2.00 bits per heavy atom. The Labute approximate surface area is 155 Å². The molecule has 6 heteroatoms. The van der Waals surface area contributed by atoms with Crippen molar-refractivity contribution in [1.29, 1.82) is 0 Å². The van der Waals surface area contributed by atoms with Crippen LogP contribution in [0.4, 0.5) is 5.13 Å². The summed E-state index contributed by atoms with van der Waals surface area (Å²) in [5.41, 5.74) is 2.23. The van der Waals surface area contributed by atoms with E-state index in [-0.39, 0.29) is 6.61 Å². The molecule has 0 saturated carbocycles. The number of aliphatic hydroxyl groups is 1. The van der Waals surface area contributed by atoms with E-state index in [1.807, 2.05) is 0 Å². The van der Waals surface area contributed by atoms with Gasteiger partial charge in [-0.2, -0.15) is 0 Å². The molecule has 0 spiro atoms. The molecule has 0 amide bonds. The van der Waals surface area contributed by atoms with Gasteiger partial charge in [0.25, 0.3) is 0 Å². The van der Waals surface area contributed by atoms with Crippen molar-refractivity contribution in [3.8, 4) is 11.3 Å². The third-order valence-electron chi connectivity index (χ3n) is 5.19. The Hall–Kier alpha value is -0.950. The number of thiazole rings is 1. The molecule has 2 aromatic rings. The molecule has 2 atom stereocenters. The van der Waals surface area contributed by atoms with E-state index in [9.17, 15) is 5.11 Å². The highest BCUT2D eigenvalue weighted by Gasteiger charge is 2.40. The number of hydrogen-bond acceptors (Lipinski definition) is 5. The molecule has 24 heavy (non-hydrogen) atoms. The quantitative estimate of drug-likeness (QED) is 0.839. The molecule has 2 aliphatic heterocycles. The second-order valence-corrected chi connectivity index (χ2v) is 8.29. The lowest BCUT2D eigenvalue weighted by atomic mass is 9.97. The van der Waals surface area contributed by atoms with Crippen LogP contribution in [0.2, 0.25) is 0 Å². The molecular weight excluding hydrogens is 386 g/mol. The maximum Gasteiger partial charge on any atom is 0.186 e. The Balaban J connectivity index is 1.53. The summed E-state index contributed by atoms with van der Waals surface area (Å²) in [6, 6.07) is 9.47. The molecule has 1 N–H and O–H groups in total. The summed E-state index contributed by atoms with van der Waals surface area (Å²) >= 11 is 5.24. The number of aliphatic hydroxyl groups excluding tert-OH is 1. The van der Waals surface area contributed by atoms with Crippen LogP contribution >= 0.6 is 27.3 Å². The van der Waals surface area contributed by atoms with Gasteiger partial charge in [0.1, 0.15) is 0 Å². The minimum Gasteiger partial charge on any atom is -0.395 e. The molecule has 2 saturated heterocycles. The van der Waals surface area contributed by atoms with Gasteiger partial charge in [-0.1, -0.05) is 28.1 Å². The topological polar surface area (TPSA) is 39.6 Å². The Kier molecular flexibility index (Phi) is 4.90. The van der Waals surface area contributed by atoms with Crippen LogP contribution in [0.1, 0.15) is 19.3 Å². The van der Waals surface area contributed by atoms with Gasteiger partial charge < -0.3 is 10.0 Å². The molecule has 2 aliphatic rings. The van der Waals surface area contributed by atoms with Crippen LogP contribution < -0.4 is 4.90 Å². The highest BCUT2D eigenvalue weighted by molar-refractivity contribution is 9.10. The zero-order valence-corrected chi connectivity index (χ0v) is 16.0. The van der Waals surface area contributed by atoms with Crippen molar-refractivity contribution < 1.29 is 5.11 Å². The summed E-state index contributed by atoms with van der Waals surface area (Å²) < 4.78 is 1.09. The van der Waals surface area contributed by atoms with Gasteiger partial charge in [-0.25, -0.2) is 4.98 Å². The summed E-state index contributed by atoms with van der Waals surface area (Å²) in [5.74, 6) is 0. The third-order valence-corrected chi connectivity index (χ3v) is 6.60. The predicted octanol–water partition coefficient (Wildman–Crippen LogP) is 3.61. The Morgan fingerprint density at radius 1 is 1.17 bits per heavy atom. The van der Waals surface area contributed by atoms with Gasteiger partial charge in [-0.3, -0.25) is 4.90 Å². The van der Waals surface area contributed by atoms with E-state index < -0.39 is 0 Å². The van der Waals surface area contributed by atoms with Crippen LogP contribution in [-0.2, 0) is 0 Å². The summed E-state index contributed by atoms with van der Waals surface area (Å²) in [6.07, 6.45) is 3.63. The van der Waals surface area contributed by atoms with Crippen molar-refractivity contribution in [2.24, 2.45) is 0 Å². The first-order valence-corrected chi connectivity index (χ1v) is 10.3. The number of β-amino-alcohol motifs (C(OH)–C–C–N with tert-alkyl or cyclic N) is 1. The van der Waals surface area contributed by atoms with E-state index in [0.29, 0.717) is 12.1 Å². The van der Waals surface area contributed by atoms with Crippen molar-refractivity contribution in [2.75, 3.05) is 31.1 Å². The molecule has 4 rings (SSSR count). The van der Waals surface area contributed by atoms with E-state index in [1.165, 1.54) is 24.8 Å². The van der Waals surface area contributed by atoms with Gasteiger partial charge in [0, 0.05) is 40.6 Å². The van der Waals surface area contributed by atoms with Gasteiger partial charge in [0.05, 0.1) is 12.3 Å². The molecule has 0 radical (unpaired) electrons. The van der Waals surface area contributed by atoms with Crippen molar-refractivity contribution >= 4 is 32.4 Å². The molecule has 128 valence electrons. The second kappa shape index (κ2) is 7.12. The third kappa shape index (κ3) is 3.12. The highest BCUT2D eigenvalue weighted by atomic mass is 79.9. The average Bonchev–Trinajstić information content (AvgIpc) is 3.23. The molecule has 1 aromatic heterocycles. The number of rotatable bonds is 4. The molecule has 0 unspecified atom stereocenters. The number of likely N-dealkylation sites (tertiary alicyclic amines) is 1. The first kappa shape index (κ1) is 16.5. The summed E-state index contributed by atoms with van der Waals surface area (Å²) in [6.45, 7) is 3.26. The zero-order chi connectivity index (χ0) is 16.5. The maximum atomic E-state index is 9.30. The number of fused-ring (bicyclic) bond motifs is 1. The molecule has 4 nitrogen and oxygen atoms in total. The number of nitrogens with zero attached hydrogens (tertiary/aromatic N) is 3. The SMILES string of the molecule is OCCN1CCC[C@@H]2[C@H]1CCN2c1nc(-c2ccc(Br)cc2)cs1. The maximum absolute atomic E-state index is 9.30. The monoisotopic (exact) mass is 407 g/mol. The van der Waals surface area contributed by atoms with Gasteiger partial charge in [-0.05, 0) is 37.9 Å². The van der Waals surface area contributed by atoms with E-state index in [4.69, 9.17) is 4.98 Å². The lowest BCUT2D eigenvalue weighted by molar-refractivity contribution is 0.114. The van der Waals surface area contributed by atoms with E-state index in [1.54, 1.807) is 11.3 Å². The minimum absolute atomic E-state index is 0.258. The molecule has 1 aromatic carbocycles. The standard InChI is InChI=1S/C18H22BrN3OS/c19-14-5-3-13(4-6-14)15-12-24-18(20-15)22-9-7-16-17(22)2-1-8-21(16)10-11-23/h3-6,12,16-17,23H,1-2,7-11H2/t16-,17-/m1/s1. The second-order valence-electron chi connectivity index (χ2n) is 6.54. The average molecular weight is 408 g/mol. The first-order valence-electron chi connectivity index (χ1n) is 8.59. The fraction of sp³-hybridized carbons (Fsp3) is 0.500. The van der Waals surface area contributed by atoms with Crippen molar-refractivity contribution in [3.05, 3.63) is 34.1 Å². The van der Waals surface area contributed by atoms with Gasteiger partial charge in [0.2, 0.25) is 0 Å². The van der Waals surface area contributed by atoms with Crippen molar-refractivity contribution in [1.82, 2.24) is 9.88 Å². The Morgan fingerprint density at radius 3 is 2.79 bits per heavy atom. The molecule has 0 aliphatic carbocycles. The lowest BCUT2D eigenvalue weighted by Gasteiger charge is -2.39. The van der Waals surface area contributed by atoms with Crippen LogP contribution in [0.15, 0.2) is 34.1 Å². The molecular formula is C18H22BrN3OS. The Bertz CT molecular complexity index is 688. The number of benzene rings is 1. The van der Waals surface area contributed by atoms with Gasteiger partial charge in [0.15, 0.2) is 5.13 Å². The van der Waals surface area contributed by atoms with Crippen LogP contribution in [0.5, 0.6) is 0 Å². The van der Waals surface area contributed by atoms with Crippen LogP contribution in [0.25, 0.3) is 11.3 Å². The van der Waals surface area contributed by atoms with E-state index in [0.717, 1.165) is 34.9 Å². The number of hydrogen-bond donors (Lipinski definition) is 1. The van der Waals surface area contributed by atoms with Gasteiger partial charge in [-0.15, -0.1) is 11.3 Å². The van der Waals surface area contributed by atoms with Crippen molar-refractivity contribution in [3.63, 3.8) is 0 Å². The predicted molar refractivity (Wildman–Crippen MR) is 103 cm³/mol. The number of piperidine rings is 1. The summed E-state index contributed by atoms with van der Waals surface area (Å²) in [5, 5.41) is 12.6. The first-order chi connectivity index (χ1) is 11.8. The summed E-state index contributed by atoms with van der Waals surface area (Å²) in [7, 11) is 0. The van der Waals surface area contributed by atoms with E-state index >= 15 is 0 Å². The number of halogens is 1. The largest absolute Gasteiger partial charge is 0.395 e. The summed E-state index contributed by atoms with van der Waals surface area (Å²) in [4.78, 5) is 9.89. The smallest absolute Gasteiger partial charge is 0.186 e. The van der Waals surface area contributed by atoms with Crippen molar-refractivity contribution in [2.45, 2.75) is 31.3 Å². The zero-order valence-electron chi connectivity index (χ0n) is 13.6. The van der Waals surface area contributed by atoms with Crippen LogP contribution in [0.3, 0.4) is 0 Å². The van der Waals surface area contributed by atoms with Crippen LogP contribution in [-0.4, -0.2) is 53.3 Å². The molecule has 3 heterocycles. The number of aromatic nitrogens is 1. The van der Waals surface area contributed by atoms with Crippen LogP contribution in [0, 0.1) is 0 Å². The fourth-order valence-electron chi connectivity index (χ4n) is 4.07. The van der Waals surface area contributed by atoms with E-state index in [2.05, 4.69) is 55.4 Å². The fourth-order valence-corrected chi connectivity index (χ4v) is 5.26. The lowest BCUT2D eigenvalue weighted by Crippen LogP contribution is -2.50. The number of anilines is 1. The normalized spacial score (nSPS) is 24.3. The van der Waals surface area contributed by atoms with Gasteiger partial charge >= 0.3 is 0 Å². The minimum atomic E-state index is 0.258. The highest BCUT2D eigenvalue weighted by Crippen LogP contribution is 2.37.